The minimum absolute atomic E-state index is 0.144. The first-order valence-electron chi connectivity index (χ1n) is 7.45. The molecule has 2 rings (SSSR count). The Morgan fingerprint density at radius 1 is 1.33 bits per heavy atom. The number of hydrogen-bond donors (Lipinski definition) is 2. The van der Waals surface area contributed by atoms with E-state index >= 15 is 0 Å². The van der Waals surface area contributed by atoms with Crippen molar-refractivity contribution in [1.29, 1.82) is 5.26 Å². The molecule has 7 nitrogen and oxygen atoms in total. The number of anilines is 1. The molecule has 0 unspecified atom stereocenters. The zero-order valence-electron chi connectivity index (χ0n) is 14.1. The fourth-order valence-corrected chi connectivity index (χ4v) is 2.65. The van der Waals surface area contributed by atoms with Gasteiger partial charge in [0.1, 0.15) is 11.9 Å². The van der Waals surface area contributed by atoms with E-state index in [-0.39, 0.29) is 17.5 Å². The standard InChI is InChI=1S/C16H21N3O4S/c1-5-16(2,3)19-15(14(9-17)24(4,20)21)18-11-6-7-12-13(8-11)23-10-22-12/h6-8,18-19H,5,10H2,1-4H3/b15-14+. The minimum atomic E-state index is -3.69. The van der Waals surface area contributed by atoms with Crippen LogP contribution >= 0.6 is 0 Å². The molecule has 130 valence electrons. The van der Waals surface area contributed by atoms with Gasteiger partial charge in [-0.15, -0.1) is 0 Å². The highest BCUT2D eigenvalue weighted by molar-refractivity contribution is 7.94. The molecule has 1 aliphatic rings. The number of allylic oxidation sites excluding steroid dienone is 1. The molecular weight excluding hydrogens is 330 g/mol. The SMILES string of the molecule is CCC(C)(C)N/C(Nc1ccc2c(c1)OCO2)=C(\C#N)S(C)(=O)=O. The number of benzene rings is 1. The van der Waals surface area contributed by atoms with Crippen molar-refractivity contribution < 1.29 is 17.9 Å². The summed E-state index contributed by atoms with van der Waals surface area (Å²) in [5.41, 5.74) is 0.191. The van der Waals surface area contributed by atoms with Crippen LogP contribution in [0.3, 0.4) is 0 Å². The van der Waals surface area contributed by atoms with Gasteiger partial charge in [0, 0.05) is 23.5 Å². The summed E-state index contributed by atoms with van der Waals surface area (Å²) >= 11 is 0. The second kappa shape index (κ2) is 6.61. The zero-order chi connectivity index (χ0) is 18.0. The maximum Gasteiger partial charge on any atom is 0.231 e. The van der Waals surface area contributed by atoms with Gasteiger partial charge >= 0.3 is 0 Å². The van der Waals surface area contributed by atoms with E-state index in [9.17, 15) is 13.7 Å². The lowest BCUT2D eigenvalue weighted by molar-refractivity contribution is 0.174. The smallest absolute Gasteiger partial charge is 0.231 e. The van der Waals surface area contributed by atoms with Crippen LogP contribution in [0, 0.1) is 11.3 Å². The molecule has 0 radical (unpaired) electrons. The van der Waals surface area contributed by atoms with E-state index in [0.717, 1.165) is 12.7 Å². The van der Waals surface area contributed by atoms with Crippen molar-refractivity contribution in [1.82, 2.24) is 5.32 Å². The van der Waals surface area contributed by atoms with Crippen molar-refractivity contribution in [3.05, 3.63) is 28.9 Å². The summed E-state index contributed by atoms with van der Waals surface area (Å²) in [4.78, 5) is -0.346. The number of nitrogens with zero attached hydrogens (tertiary/aromatic N) is 1. The fraction of sp³-hybridized carbons (Fsp3) is 0.438. The molecule has 24 heavy (non-hydrogen) atoms. The highest BCUT2D eigenvalue weighted by atomic mass is 32.2. The number of hydrogen-bond acceptors (Lipinski definition) is 7. The summed E-state index contributed by atoms with van der Waals surface area (Å²) in [6.45, 7) is 5.96. The van der Waals surface area contributed by atoms with Gasteiger partial charge in [-0.05, 0) is 32.4 Å². The van der Waals surface area contributed by atoms with Crippen LogP contribution in [0.1, 0.15) is 27.2 Å². The lowest BCUT2D eigenvalue weighted by Crippen LogP contribution is -2.41. The molecule has 0 amide bonds. The average molecular weight is 351 g/mol. The Morgan fingerprint density at radius 3 is 2.58 bits per heavy atom. The van der Waals surface area contributed by atoms with Gasteiger partial charge in [-0.1, -0.05) is 6.92 Å². The van der Waals surface area contributed by atoms with Crippen molar-refractivity contribution >= 4 is 15.5 Å². The number of nitriles is 1. The van der Waals surface area contributed by atoms with Crippen LogP contribution in [0.5, 0.6) is 11.5 Å². The first-order valence-corrected chi connectivity index (χ1v) is 9.35. The molecule has 0 aromatic heterocycles. The predicted octanol–water partition coefficient (Wildman–Crippen LogP) is 2.34. The largest absolute Gasteiger partial charge is 0.454 e. The van der Waals surface area contributed by atoms with Crippen molar-refractivity contribution in [3.63, 3.8) is 0 Å². The first kappa shape index (κ1) is 17.9. The van der Waals surface area contributed by atoms with E-state index < -0.39 is 15.4 Å². The van der Waals surface area contributed by atoms with Gasteiger partial charge in [-0.2, -0.15) is 5.26 Å². The molecule has 1 aromatic carbocycles. The van der Waals surface area contributed by atoms with Crippen molar-refractivity contribution in [2.45, 2.75) is 32.7 Å². The zero-order valence-corrected chi connectivity index (χ0v) is 15.0. The van der Waals surface area contributed by atoms with Crippen LogP contribution in [-0.4, -0.2) is 27.0 Å². The molecule has 0 bridgehead atoms. The summed E-state index contributed by atoms with van der Waals surface area (Å²) in [7, 11) is -3.69. The maximum atomic E-state index is 12.0. The Kier molecular flexibility index (Phi) is 4.94. The van der Waals surface area contributed by atoms with Crippen molar-refractivity contribution in [3.8, 4) is 17.6 Å². The maximum absolute atomic E-state index is 12.0. The minimum Gasteiger partial charge on any atom is -0.454 e. The lowest BCUT2D eigenvalue weighted by Gasteiger charge is -2.28. The van der Waals surface area contributed by atoms with Gasteiger partial charge in [0.2, 0.25) is 6.79 Å². The molecule has 8 heteroatoms. The highest BCUT2D eigenvalue weighted by Gasteiger charge is 2.24. The summed E-state index contributed by atoms with van der Waals surface area (Å²) in [6, 6.07) is 6.92. The number of fused-ring (bicyclic) bond motifs is 1. The molecule has 0 saturated carbocycles. The molecule has 0 spiro atoms. The van der Waals surface area contributed by atoms with Crippen LogP contribution in [0.25, 0.3) is 0 Å². The normalized spacial score (nSPS) is 14.6. The monoisotopic (exact) mass is 351 g/mol. The van der Waals surface area contributed by atoms with Crippen LogP contribution in [0.4, 0.5) is 5.69 Å². The van der Waals surface area contributed by atoms with E-state index in [1.165, 1.54) is 0 Å². The van der Waals surface area contributed by atoms with E-state index in [1.54, 1.807) is 24.3 Å². The molecule has 2 N–H and O–H groups in total. The Labute approximate surface area is 142 Å². The van der Waals surface area contributed by atoms with Gasteiger partial charge in [-0.25, -0.2) is 8.42 Å². The first-order chi connectivity index (χ1) is 11.2. The molecule has 1 heterocycles. The summed E-state index contributed by atoms with van der Waals surface area (Å²) < 4.78 is 34.5. The van der Waals surface area contributed by atoms with E-state index in [1.807, 2.05) is 20.8 Å². The Bertz CT molecular complexity index is 807. The van der Waals surface area contributed by atoms with Gasteiger partial charge in [-0.3, -0.25) is 0 Å². The summed E-state index contributed by atoms with van der Waals surface area (Å²) in [5.74, 6) is 1.33. The quantitative estimate of drug-likeness (QED) is 0.759. The third-order valence-corrected chi connectivity index (χ3v) is 4.73. The Morgan fingerprint density at radius 2 is 2.00 bits per heavy atom. The predicted molar refractivity (Wildman–Crippen MR) is 91.2 cm³/mol. The van der Waals surface area contributed by atoms with E-state index in [2.05, 4.69) is 10.6 Å². The summed E-state index contributed by atoms with van der Waals surface area (Å²) in [5, 5.41) is 15.4. The molecular formula is C16H21N3O4S. The van der Waals surface area contributed by atoms with Gasteiger partial charge < -0.3 is 20.1 Å². The van der Waals surface area contributed by atoms with Gasteiger partial charge in [0.15, 0.2) is 26.2 Å². The molecule has 0 aliphatic carbocycles. The second-order valence-corrected chi connectivity index (χ2v) is 8.10. The number of rotatable bonds is 6. The Hall–Kier alpha value is -2.40. The van der Waals surface area contributed by atoms with Crippen molar-refractivity contribution in [2.75, 3.05) is 18.4 Å². The third kappa shape index (κ3) is 4.11. The van der Waals surface area contributed by atoms with Gasteiger partial charge in [0.05, 0.1) is 0 Å². The third-order valence-electron chi connectivity index (χ3n) is 3.69. The molecule has 0 atom stereocenters. The lowest BCUT2D eigenvalue weighted by atomic mass is 10.0. The summed E-state index contributed by atoms with van der Waals surface area (Å²) in [6.07, 6.45) is 1.75. The fourth-order valence-electron chi connectivity index (χ4n) is 2.01. The molecule has 0 fully saturated rings. The van der Waals surface area contributed by atoms with E-state index in [0.29, 0.717) is 17.2 Å². The molecule has 1 aromatic rings. The molecule has 1 aliphatic heterocycles. The highest BCUT2D eigenvalue weighted by Crippen LogP contribution is 2.34. The van der Waals surface area contributed by atoms with Crippen LogP contribution in [-0.2, 0) is 9.84 Å². The van der Waals surface area contributed by atoms with Gasteiger partial charge in [0.25, 0.3) is 0 Å². The topological polar surface area (TPSA) is 100 Å². The van der Waals surface area contributed by atoms with Crippen molar-refractivity contribution in [2.24, 2.45) is 0 Å². The number of nitrogens with one attached hydrogen (secondary N) is 2. The van der Waals surface area contributed by atoms with Crippen LogP contribution in [0.15, 0.2) is 28.9 Å². The van der Waals surface area contributed by atoms with E-state index in [4.69, 9.17) is 9.47 Å². The Balaban J connectivity index is 2.43. The van der Waals surface area contributed by atoms with Crippen LogP contribution in [0.2, 0.25) is 0 Å². The molecule has 0 saturated heterocycles. The van der Waals surface area contributed by atoms with Crippen LogP contribution < -0.4 is 20.1 Å². The second-order valence-electron chi connectivity index (χ2n) is 6.14. The average Bonchev–Trinajstić information content (AvgIpc) is 2.93. The number of sulfone groups is 1. The number of ether oxygens (including phenoxy) is 2.